The number of anilines is 1. The molecular weight excluding hydrogens is 223 g/mol. The summed E-state index contributed by atoms with van der Waals surface area (Å²) in [5.74, 6) is -0.575. The fourth-order valence-electron chi connectivity index (χ4n) is 1.68. The van der Waals surface area contributed by atoms with Crippen LogP contribution < -0.4 is 5.32 Å². The molecule has 0 heterocycles. The largest absolute Gasteiger partial charge is 0.380 e. The van der Waals surface area contributed by atoms with Gasteiger partial charge in [-0.05, 0) is 18.9 Å². The SMILES string of the molecule is CCCC(CC)Nc1ccc([N+](=O)[O-])cc1F. The quantitative estimate of drug-likeness (QED) is 0.609. The number of benzene rings is 1. The van der Waals surface area contributed by atoms with E-state index in [2.05, 4.69) is 12.2 Å². The van der Waals surface area contributed by atoms with Crippen molar-refractivity contribution in [2.75, 3.05) is 5.32 Å². The lowest BCUT2D eigenvalue weighted by Crippen LogP contribution is -2.18. The number of nitrogens with one attached hydrogen (secondary N) is 1. The summed E-state index contributed by atoms with van der Waals surface area (Å²) in [6, 6.07) is 3.88. The summed E-state index contributed by atoms with van der Waals surface area (Å²) >= 11 is 0. The minimum absolute atomic E-state index is 0.205. The molecule has 0 saturated carbocycles. The number of non-ortho nitro benzene ring substituents is 1. The highest BCUT2D eigenvalue weighted by Crippen LogP contribution is 2.22. The number of hydrogen-bond acceptors (Lipinski definition) is 3. The Labute approximate surface area is 100.0 Å². The molecule has 0 aliphatic carbocycles. The first-order chi connectivity index (χ1) is 8.08. The van der Waals surface area contributed by atoms with Crippen LogP contribution in [-0.2, 0) is 0 Å². The monoisotopic (exact) mass is 240 g/mol. The summed E-state index contributed by atoms with van der Waals surface area (Å²) in [7, 11) is 0. The standard InChI is InChI=1S/C12H17FN2O2/c1-3-5-9(4-2)14-12-7-6-10(15(16)17)8-11(12)13/h6-9,14H,3-5H2,1-2H3. The molecule has 0 aliphatic heterocycles. The highest BCUT2D eigenvalue weighted by molar-refractivity contribution is 5.50. The Kier molecular flexibility index (Phi) is 4.87. The van der Waals surface area contributed by atoms with Gasteiger partial charge in [-0.3, -0.25) is 10.1 Å². The molecule has 0 amide bonds. The Morgan fingerprint density at radius 3 is 2.65 bits per heavy atom. The minimum atomic E-state index is -0.601. The molecular formula is C12H17FN2O2. The predicted molar refractivity (Wildman–Crippen MR) is 65.7 cm³/mol. The summed E-state index contributed by atoms with van der Waals surface area (Å²) < 4.78 is 13.6. The van der Waals surface area contributed by atoms with Gasteiger partial charge in [0, 0.05) is 12.1 Å². The maximum absolute atomic E-state index is 13.6. The highest BCUT2D eigenvalue weighted by Gasteiger charge is 2.12. The summed E-state index contributed by atoms with van der Waals surface area (Å²) in [4.78, 5) is 9.86. The third-order valence-corrected chi connectivity index (χ3v) is 2.65. The lowest BCUT2D eigenvalue weighted by molar-refractivity contribution is -0.385. The van der Waals surface area contributed by atoms with Gasteiger partial charge in [-0.2, -0.15) is 0 Å². The molecule has 1 rings (SSSR count). The average Bonchev–Trinajstić information content (AvgIpc) is 2.30. The minimum Gasteiger partial charge on any atom is -0.380 e. The molecule has 1 aromatic rings. The van der Waals surface area contributed by atoms with Crippen LogP contribution in [0.2, 0.25) is 0 Å². The average molecular weight is 240 g/mol. The molecule has 17 heavy (non-hydrogen) atoms. The van der Waals surface area contributed by atoms with Crippen LogP contribution in [-0.4, -0.2) is 11.0 Å². The van der Waals surface area contributed by atoms with Crippen LogP contribution in [0.15, 0.2) is 18.2 Å². The van der Waals surface area contributed by atoms with Crippen molar-refractivity contribution in [1.82, 2.24) is 0 Å². The topological polar surface area (TPSA) is 55.2 Å². The van der Waals surface area contributed by atoms with E-state index in [1.54, 1.807) is 0 Å². The van der Waals surface area contributed by atoms with Crippen LogP contribution >= 0.6 is 0 Å². The normalized spacial score (nSPS) is 12.2. The van der Waals surface area contributed by atoms with Crippen molar-refractivity contribution < 1.29 is 9.31 Å². The zero-order valence-corrected chi connectivity index (χ0v) is 10.1. The Bertz CT molecular complexity index is 396. The van der Waals surface area contributed by atoms with E-state index in [0.29, 0.717) is 5.69 Å². The molecule has 1 atom stereocenters. The Morgan fingerprint density at radius 1 is 1.47 bits per heavy atom. The predicted octanol–water partition coefficient (Wildman–Crippen LogP) is 3.72. The van der Waals surface area contributed by atoms with E-state index in [-0.39, 0.29) is 11.7 Å². The smallest absolute Gasteiger partial charge is 0.272 e. The molecule has 4 nitrogen and oxygen atoms in total. The van der Waals surface area contributed by atoms with Crippen molar-refractivity contribution in [1.29, 1.82) is 0 Å². The lowest BCUT2D eigenvalue weighted by atomic mass is 10.1. The first kappa shape index (κ1) is 13.4. The van der Waals surface area contributed by atoms with Gasteiger partial charge in [-0.15, -0.1) is 0 Å². The number of halogens is 1. The zero-order chi connectivity index (χ0) is 12.8. The van der Waals surface area contributed by atoms with Crippen molar-refractivity contribution in [3.63, 3.8) is 0 Å². The summed E-state index contributed by atoms with van der Waals surface area (Å²) in [6.45, 7) is 4.09. The second kappa shape index (κ2) is 6.18. The van der Waals surface area contributed by atoms with E-state index in [1.807, 2.05) is 6.92 Å². The number of rotatable bonds is 6. The van der Waals surface area contributed by atoms with Crippen LogP contribution in [0, 0.1) is 15.9 Å². The van der Waals surface area contributed by atoms with Crippen LogP contribution in [0.25, 0.3) is 0 Å². The Morgan fingerprint density at radius 2 is 2.18 bits per heavy atom. The Hall–Kier alpha value is -1.65. The van der Waals surface area contributed by atoms with E-state index in [0.717, 1.165) is 25.3 Å². The van der Waals surface area contributed by atoms with Gasteiger partial charge in [0.15, 0.2) is 5.82 Å². The van der Waals surface area contributed by atoms with Crippen LogP contribution in [0.1, 0.15) is 33.1 Å². The van der Waals surface area contributed by atoms with Crippen molar-refractivity contribution in [3.8, 4) is 0 Å². The zero-order valence-electron chi connectivity index (χ0n) is 10.1. The molecule has 0 aromatic heterocycles. The van der Waals surface area contributed by atoms with Crippen LogP contribution in [0.5, 0.6) is 0 Å². The molecule has 5 heteroatoms. The van der Waals surface area contributed by atoms with E-state index in [1.165, 1.54) is 12.1 Å². The van der Waals surface area contributed by atoms with Crippen molar-refractivity contribution >= 4 is 11.4 Å². The second-order valence-electron chi connectivity index (χ2n) is 3.96. The molecule has 1 unspecified atom stereocenters. The van der Waals surface area contributed by atoms with Crippen LogP contribution in [0.3, 0.4) is 0 Å². The van der Waals surface area contributed by atoms with E-state index < -0.39 is 10.7 Å². The van der Waals surface area contributed by atoms with E-state index in [9.17, 15) is 14.5 Å². The van der Waals surface area contributed by atoms with E-state index in [4.69, 9.17) is 0 Å². The molecule has 94 valence electrons. The fraction of sp³-hybridized carbons (Fsp3) is 0.500. The van der Waals surface area contributed by atoms with Gasteiger partial charge in [-0.1, -0.05) is 20.3 Å². The second-order valence-corrected chi connectivity index (χ2v) is 3.96. The van der Waals surface area contributed by atoms with E-state index >= 15 is 0 Å². The van der Waals surface area contributed by atoms with Crippen molar-refractivity contribution in [2.24, 2.45) is 0 Å². The van der Waals surface area contributed by atoms with Gasteiger partial charge in [-0.25, -0.2) is 4.39 Å². The first-order valence-corrected chi connectivity index (χ1v) is 5.79. The molecule has 1 aromatic carbocycles. The number of hydrogen-bond donors (Lipinski definition) is 1. The van der Waals surface area contributed by atoms with Gasteiger partial charge >= 0.3 is 0 Å². The summed E-state index contributed by atoms with van der Waals surface area (Å²) in [6.07, 6.45) is 2.86. The third-order valence-electron chi connectivity index (χ3n) is 2.65. The van der Waals surface area contributed by atoms with Gasteiger partial charge < -0.3 is 5.32 Å². The molecule has 1 N–H and O–H groups in total. The summed E-state index contributed by atoms with van der Waals surface area (Å²) in [5.41, 5.74) is 0.104. The molecule has 0 saturated heterocycles. The number of nitro groups is 1. The Balaban J connectivity index is 2.81. The lowest BCUT2D eigenvalue weighted by Gasteiger charge is -2.17. The first-order valence-electron chi connectivity index (χ1n) is 5.79. The van der Waals surface area contributed by atoms with Gasteiger partial charge in [0.25, 0.3) is 5.69 Å². The summed E-state index contributed by atoms with van der Waals surface area (Å²) in [5, 5.41) is 13.5. The molecule has 0 bridgehead atoms. The van der Waals surface area contributed by atoms with Gasteiger partial charge in [0.2, 0.25) is 0 Å². The fourth-order valence-corrected chi connectivity index (χ4v) is 1.68. The maximum atomic E-state index is 13.6. The maximum Gasteiger partial charge on any atom is 0.272 e. The van der Waals surface area contributed by atoms with Crippen molar-refractivity contribution in [3.05, 3.63) is 34.1 Å². The van der Waals surface area contributed by atoms with Crippen LogP contribution in [0.4, 0.5) is 15.8 Å². The molecule has 0 aliphatic rings. The molecule has 0 fully saturated rings. The van der Waals surface area contributed by atoms with Crippen molar-refractivity contribution in [2.45, 2.75) is 39.2 Å². The molecule has 0 spiro atoms. The van der Waals surface area contributed by atoms with Gasteiger partial charge in [0.1, 0.15) is 0 Å². The molecule has 0 radical (unpaired) electrons. The van der Waals surface area contributed by atoms with Gasteiger partial charge in [0.05, 0.1) is 16.7 Å². The number of nitro benzene ring substituents is 1. The number of nitrogens with zero attached hydrogens (tertiary/aromatic N) is 1. The third kappa shape index (κ3) is 3.69. The highest BCUT2D eigenvalue weighted by atomic mass is 19.1.